The molecule has 0 aliphatic rings. The molecule has 23 heavy (non-hydrogen) atoms. The van der Waals surface area contributed by atoms with Crippen LogP contribution in [0.4, 0.5) is 11.5 Å². The SMILES string of the molecule is Cc1ccc(Nc2ncnc3c2sc2nc(C)cc(C)c23)cc1. The second-order valence-electron chi connectivity index (χ2n) is 5.75. The van der Waals surface area contributed by atoms with Gasteiger partial charge in [0.2, 0.25) is 0 Å². The Bertz CT molecular complexity index is 1020. The van der Waals surface area contributed by atoms with Crippen LogP contribution in [0.5, 0.6) is 0 Å². The van der Waals surface area contributed by atoms with E-state index in [0.29, 0.717) is 0 Å². The summed E-state index contributed by atoms with van der Waals surface area (Å²) in [6, 6.07) is 10.4. The molecule has 0 amide bonds. The van der Waals surface area contributed by atoms with Crippen LogP contribution in [-0.2, 0) is 0 Å². The molecule has 4 nitrogen and oxygen atoms in total. The summed E-state index contributed by atoms with van der Waals surface area (Å²) in [4.78, 5) is 14.6. The highest BCUT2D eigenvalue weighted by Gasteiger charge is 2.14. The van der Waals surface area contributed by atoms with Crippen molar-refractivity contribution in [2.24, 2.45) is 0 Å². The molecular formula is C18H16N4S. The van der Waals surface area contributed by atoms with Gasteiger partial charge in [-0.25, -0.2) is 15.0 Å². The molecule has 3 aromatic heterocycles. The van der Waals surface area contributed by atoms with Gasteiger partial charge in [-0.05, 0) is 44.5 Å². The van der Waals surface area contributed by atoms with Gasteiger partial charge in [-0.15, -0.1) is 11.3 Å². The predicted molar refractivity (Wildman–Crippen MR) is 96.7 cm³/mol. The number of rotatable bonds is 2. The first kappa shape index (κ1) is 14.1. The molecule has 0 unspecified atom stereocenters. The zero-order chi connectivity index (χ0) is 16.0. The summed E-state index contributed by atoms with van der Waals surface area (Å²) in [7, 11) is 0. The van der Waals surface area contributed by atoms with E-state index in [0.717, 1.165) is 37.6 Å². The Kier molecular flexibility index (Phi) is 3.23. The predicted octanol–water partition coefficient (Wildman–Crippen LogP) is 4.91. The zero-order valence-corrected chi connectivity index (χ0v) is 14.0. The molecule has 0 saturated heterocycles. The Labute approximate surface area is 138 Å². The van der Waals surface area contributed by atoms with Gasteiger partial charge in [-0.3, -0.25) is 0 Å². The van der Waals surface area contributed by atoms with Crippen LogP contribution in [0.1, 0.15) is 16.8 Å². The maximum atomic E-state index is 4.66. The number of anilines is 2. The van der Waals surface area contributed by atoms with E-state index in [-0.39, 0.29) is 0 Å². The van der Waals surface area contributed by atoms with Gasteiger partial charge in [-0.1, -0.05) is 17.7 Å². The van der Waals surface area contributed by atoms with E-state index < -0.39 is 0 Å². The van der Waals surface area contributed by atoms with Crippen molar-refractivity contribution in [2.45, 2.75) is 20.8 Å². The van der Waals surface area contributed by atoms with Gasteiger partial charge >= 0.3 is 0 Å². The summed E-state index contributed by atoms with van der Waals surface area (Å²) < 4.78 is 1.05. The standard InChI is InChI=1S/C18H16N4S/c1-10-4-6-13(7-5-10)22-17-16-15(19-9-20-17)14-11(2)8-12(3)21-18(14)23-16/h4-9H,1-3H3,(H,19,20,22). The smallest absolute Gasteiger partial charge is 0.151 e. The number of fused-ring (bicyclic) bond motifs is 3. The number of nitrogens with one attached hydrogen (secondary N) is 1. The molecule has 114 valence electrons. The minimum absolute atomic E-state index is 0.832. The van der Waals surface area contributed by atoms with Gasteiger partial charge in [0.15, 0.2) is 5.82 Å². The Morgan fingerprint density at radius 3 is 2.57 bits per heavy atom. The number of pyridine rings is 1. The molecule has 0 radical (unpaired) electrons. The first-order chi connectivity index (χ1) is 11.1. The minimum Gasteiger partial charge on any atom is -0.339 e. The van der Waals surface area contributed by atoms with Crippen LogP contribution in [0.15, 0.2) is 36.7 Å². The van der Waals surface area contributed by atoms with Crippen molar-refractivity contribution >= 4 is 43.3 Å². The molecule has 4 aromatic rings. The quantitative estimate of drug-likeness (QED) is 0.570. The van der Waals surface area contributed by atoms with Gasteiger partial charge in [0.1, 0.15) is 11.2 Å². The highest BCUT2D eigenvalue weighted by atomic mass is 32.1. The van der Waals surface area contributed by atoms with Crippen LogP contribution in [0, 0.1) is 20.8 Å². The van der Waals surface area contributed by atoms with Crippen LogP contribution in [-0.4, -0.2) is 15.0 Å². The van der Waals surface area contributed by atoms with Crippen molar-refractivity contribution in [3.63, 3.8) is 0 Å². The topological polar surface area (TPSA) is 50.7 Å². The largest absolute Gasteiger partial charge is 0.339 e. The fourth-order valence-corrected chi connectivity index (χ4v) is 3.97. The lowest BCUT2D eigenvalue weighted by molar-refractivity contribution is 1.22. The Hall–Kier alpha value is -2.53. The molecule has 5 heteroatoms. The number of benzene rings is 1. The van der Waals surface area contributed by atoms with Gasteiger partial charge in [-0.2, -0.15) is 0 Å². The van der Waals surface area contributed by atoms with E-state index in [1.54, 1.807) is 17.7 Å². The molecule has 0 atom stereocenters. The summed E-state index contributed by atoms with van der Waals surface area (Å²) in [5, 5.41) is 4.53. The Morgan fingerprint density at radius 1 is 1.00 bits per heavy atom. The third-order valence-electron chi connectivity index (χ3n) is 3.87. The summed E-state index contributed by atoms with van der Waals surface area (Å²) in [6.45, 7) is 6.21. The van der Waals surface area contributed by atoms with E-state index >= 15 is 0 Å². The Balaban J connectivity index is 1.90. The summed E-state index contributed by atoms with van der Waals surface area (Å²) in [5.74, 6) is 0.832. The lowest BCUT2D eigenvalue weighted by atomic mass is 10.1. The first-order valence-corrected chi connectivity index (χ1v) is 8.28. The lowest BCUT2D eigenvalue weighted by Crippen LogP contribution is -1.94. The molecule has 1 N–H and O–H groups in total. The molecule has 3 heterocycles. The maximum absolute atomic E-state index is 4.66. The second-order valence-corrected chi connectivity index (χ2v) is 6.75. The molecule has 0 aliphatic carbocycles. The fraction of sp³-hybridized carbons (Fsp3) is 0.167. The summed E-state index contributed by atoms with van der Waals surface area (Å²) in [5.41, 5.74) is 5.47. The number of hydrogen-bond donors (Lipinski definition) is 1. The number of hydrogen-bond acceptors (Lipinski definition) is 5. The van der Waals surface area contributed by atoms with Crippen LogP contribution >= 0.6 is 11.3 Å². The minimum atomic E-state index is 0.832. The molecule has 0 bridgehead atoms. The van der Waals surface area contributed by atoms with Crippen LogP contribution < -0.4 is 5.32 Å². The van der Waals surface area contributed by atoms with Gasteiger partial charge in [0, 0.05) is 16.8 Å². The number of aromatic nitrogens is 3. The molecule has 0 aliphatic heterocycles. The van der Waals surface area contributed by atoms with Crippen LogP contribution in [0.2, 0.25) is 0 Å². The fourth-order valence-electron chi connectivity index (χ4n) is 2.77. The third-order valence-corrected chi connectivity index (χ3v) is 4.94. The van der Waals surface area contributed by atoms with Crippen molar-refractivity contribution in [3.8, 4) is 0 Å². The van der Waals surface area contributed by atoms with E-state index in [2.05, 4.69) is 64.4 Å². The van der Waals surface area contributed by atoms with Crippen molar-refractivity contribution in [1.82, 2.24) is 15.0 Å². The van der Waals surface area contributed by atoms with E-state index in [9.17, 15) is 0 Å². The van der Waals surface area contributed by atoms with Crippen molar-refractivity contribution < 1.29 is 0 Å². The number of aryl methyl sites for hydroxylation is 3. The lowest BCUT2D eigenvalue weighted by Gasteiger charge is -2.06. The monoisotopic (exact) mass is 320 g/mol. The highest BCUT2D eigenvalue weighted by molar-refractivity contribution is 7.26. The van der Waals surface area contributed by atoms with E-state index in [4.69, 9.17) is 0 Å². The van der Waals surface area contributed by atoms with E-state index in [1.807, 2.05) is 6.92 Å². The molecule has 4 rings (SSSR count). The average molecular weight is 320 g/mol. The van der Waals surface area contributed by atoms with Gasteiger partial charge in [0.05, 0.1) is 10.2 Å². The summed E-state index contributed by atoms with van der Waals surface area (Å²) in [6.07, 6.45) is 1.62. The van der Waals surface area contributed by atoms with Crippen molar-refractivity contribution in [2.75, 3.05) is 5.32 Å². The summed E-state index contributed by atoms with van der Waals surface area (Å²) >= 11 is 1.64. The third kappa shape index (κ3) is 2.43. The molecule has 0 fully saturated rings. The molecular weight excluding hydrogens is 304 g/mol. The molecule has 0 saturated carbocycles. The maximum Gasteiger partial charge on any atom is 0.151 e. The van der Waals surface area contributed by atoms with Crippen LogP contribution in [0.25, 0.3) is 20.4 Å². The molecule has 1 aromatic carbocycles. The number of nitrogens with zero attached hydrogens (tertiary/aromatic N) is 3. The Morgan fingerprint density at radius 2 is 1.78 bits per heavy atom. The van der Waals surface area contributed by atoms with Crippen LogP contribution in [0.3, 0.4) is 0 Å². The average Bonchev–Trinajstić information content (AvgIpc) is 2.89. The zero-order valence-electron chi connectivity index (χ0n) is 13.2. The van der Waals surface area contributed by atoms with E-state index in [1.165, 1.54) is 11.1 Å². The first-order valence-electron chi connectivity index (χ1n) is 7.47. The number of thiophene rings is 1. The van der Waals surface area contributed by atoms with Crippen molar-refractivity contribution in [1.29, 1.82) is 0 Å². The molecule has 0 spiro atoms. The second kappa shape index (κ2) is 5.28. The van der Waals surface area contributed by atoms with Gasteiger partial charge < -0.3 is 5.32 Å². The normalized spacial score (nSPS) is 11.3. The van der Waals surface area contributed by atoms with Gasteiger partial charge in [0.25, 0.3) is 0 Å². The van der Waals surface area contributed by atoms with Crippen molar-refractivity contribution in [3.05, 3.63) is 53.5 Å². The highest BCUT2D eigenvalue weighted by Crippen LogP contribution is 2.37.